The number of aromatic nitrogens is 3. The van der Waals surface area contributed by atoms with E-state index in [-0.39, 0.29) is 0 Å². The van der Waals surface area contributed by atoms with E-state index in [9.17, 15) is 0 Å². The minimum absolute atomic E-state index is 0.852. The van der Waals surface area contributed by atoms with Gasteiger partial charge in [0.1, 0.15) is 11.3 Å². The minimum atomic E-state index is 0.852. The van der Waals surface area contributed by atoms with Gasteiger partial charge in [0.2, 0.25) is 0 Å². The molecule has 25 heavy (non-hydrogen) atoms. The molecule has 0 radical (unpaired) electrons. The largest absolute Gasteiger partial charge is 0.346 e. The summed E-state index contributed by atoms with van der Waals surface area (Å²) < 4.78 is 0. The van der Waals surface area contributed by atoms with Crippen LogP contribution in [0.25, 0.3) is 38.2 Å². The average molecular weight is 325 g/mol. The second-order valence-electron chi connectivity index (χ2n) is 5.73. The summed E-state index contributed by atoms with van der Waals surface area (Å²) in [4.78, 5) is 15.3. The Bertz CT molecular complexity index is 1080. The molecule has 0 fully saturated rings. The Kier molecular flexibility index (Phi) is 3.64. The average Bonchev–Trinajstić information content (AvgIpc) is 3.11. The van der Waals surface area contributed by atoms with Crippen molar-refractivity contribution in [3.8, 4) is 22.3 Å². The van der Waals surface area contributed by atoms with Crippen molar-refractivity contribution < 1.29 is 0 Å². The number of nitrogens with one attached hydrogen (secondary N) is 1. The number of anilines is 1. The zero-order valence-corrected chi connectivity index (χ0v) is 13.6. The van der Waals surface area contributed by atoms with Gasteiger partial charge in [-0.05, 0) is 41.5 Å². The molecule has 3 heterocycles. The molecule has 0 spiro atoms. The lowest BCUT2D eigenvalue weighted by Crippen LogP contribution is -2.04. The van der Waals surface area contributed by atoms with E-state index in [4.69, 9.17) is 6.57 Å². The van der Waals surface area contributed by atoms with Crippen molar-refractivity contribution in [1.29, 1.82) is 0 Å². The Morgan fingerprint density at radius 2 is 1.88 bits per heavy atom. The molecule has 0 saturated heterocycles. The summed E-state index contributed by atoms with van der Waals surface area (Å²) in [6.07, 6.45) is 7.40. The van der Waals surface area contributed by atoms with Crippen molar-refractivity contribution in [1.82, 2.24) is 15.0 Å². The smallest absolute Gasteiger partial charge is 0.137 e. The number of H-pyrrole nitrogens is 1. The molecule has 0 aliphatic carbocycles. The molecule has 0 bridgehead atoms. The summed E-state index contributed by atoms with van der Waals surface area (Å²) in [5.74, 6) is 0. The monoisotopic (exact) mass is 325 g/mol. The summed E-state index contributed by atoms with van der Waals surface area (Å²) in [6.45, 7) is 7.16. The Morgan fingerprint density at radius 1 is 1.04 bits per heavy atom. The van der Waals surface area contributed by atoms with Crippen LogP contribution in [0.15, 0.2) is 67.3 Å². The molecule has 0 aliphatic heterocycles. The lowest BCUT2D eigenvalue weighted by atomic mass is 10.0. The number of hydrogen-bond donors (Lipinski definition) is 1. The van der Waals surface area contributed by atoms with Crippen LogP contribution in [0.1, 0.15) is 0 Å². The normalized spacial score (nSPS) is 10.6. The highest BCUT2D eigenvalue weighted by molar-refractivity contribution is 5.95. The Morgan fingerprint density at radius 3 is 2.68 bits per heavy atom. The molecule has 0 atom stereocenters. The zero-order chi connectivity index (χ0) is 17.2. The first-order valence-electron chi connectivity index (χ1n) is 7.85. The van der Waals surface area contributed by atoms with E-state index in [0.29, 0.717) is 0 Å². The summed E-state index contributed by atoms with van der Waals surface area (Å²) in [7, 11) is 1.75. The number of aromatic amines is 1. The van der Waals surface area contributed by atoms with Gasteiger partial charge < -0.3 is 4.98 Å². The number of benzene rings is 1. The van der Waals surface area contributed by atoms with E-state index in [0.717, 1.165) is 39.0 Å². The van der Waals surface area contributed by atoms with Crippen molar-refractivity contribution >= 4 is 16.7 Å². The van der Waals surface area contributed by atoms with E-state index < -0.39 is 0 Å². The van der Waals surface area contributed by atoms with Crippen LogP contribution in [0.2, 0.25) is 0 Å². The van der Waals surface area contributed by atoms with Crippen LogP contribution in [0, 0.1) is 6.57 Å². The fourth-order valence-corrected chi connectivity index (χ4v) is 2.88. The molecule has 5 nitrogen and oxygen atoms in total. The number of nitrogens with zero attached hydrogens (tertiary/aromatic N) is 4. The van der Waals surface area contributed by atoms with Gasteiger partial charge in [0.25, 0.3) is 0 Å². The molecule has 4 rings (SSSR count). The highest BCUT2D eigenvalue weighted by atomic mass is 15.4. The zero-order valence-electron chi connectivity index (χ0n) is 13.6. The summed E-state index contributed by atoms with van der Waals surface area (Å²) in [5, 5.41) is 2.58. The lowest BCUT2D eigenvalue weighted by molar-refractivity contribution is 1.20. The molecule has 0 saturated carbocycles. The first-order chi connectivity index (χ1) is 12.3. The van der Waals surface area contributed by atoms with Crippen LogP contribution in [-0.4, -0.2) is 22.0 Å². The first kappa shape index (κ1) is 14.9. The number of hydrogen-bond acceptors (Lipinski definition) is 3. The number of rotatable bonds is 3. The van der Waals surface area contributed by atoms with Gasteiger partial charge in [-0.3, -0.25) is 4.98 Å². The molecule has 5 heteroatoms. The van der Waals surface area contributed by atoms with Crippen molar-refractivity contribution in [2.24, 2.45) is 0 Å². The quantitative estimate of drug-likeness (QED) is 0.444. The molecule has 120 valence electrons. The predicted molar refractivity (Wildman–Crippen MR) is 99.8 cm³/mol. The van der Waals surface area contributed by atoms with Gasteiger partial charge in [-0.15, -0.1) is 0 Å². The summed E-state index contributed by atoms with van der Waals surface area (Å²) >= 11 is 0. The highest BCUT2D eigenvalue weighted by Crippen LogP contribution is 2.31. The summed E-state index contributed by atoms with van der Waals surface area (Å²) in [5.41, 5.74) is 5.95. The number of pyridine rings is 2. The minimum Gasteiger partial charge on any atom is -0.346 e. The van der Waals surface area contributed by atoms with Gasteiger partial charge in [-0.25, -0.2) is 4.98 Å². The molecule has 0 unspecified atom stereocenters. The van der Waals surface area contributed by atoms with Gasteiger partial charge in [-0.1, -0.05) is 17.1 Å². The maximum absolute atomic E-state index is 7.16. The van der Waals surface area contributed by atoms with Gasteiger partial charge >= 0.3 is 0 Å². The SMILES string of the molecule is [C-]#[N+]N(C)c1cccc(-c2cnc3[nH]cc(-c4ccncc4)c3c2)c1. The fraction of sp³-hybridized carbons (Fsp3) is 0.0500. The lowest BCUT2D eigenvalue weighted by Gasteiger charge is -2.07. The van der Waals surface area contributed by atoms with Gasteiger partial charge in [0.15, 0.2) is 0 Å². The van der Waals surface area contributed by atoms with Crippen LogP contribution >= 0.6 is 0 Å². The second kappa shape index (κ2) is 6.10. The number of fused-ring (bicyclic) bond motifs is 1. The third kappa shape index (κ3) is 2.70. The molecule has 1 aromatic carbocycles. The van der Waals surface area contributed by atoms with Crippen LogP contribution in [0.4, 0.5) is 5.69 Å². The standard InChI is InChI=1S/C20H15N5/c1-21-25(2)17-5-3-4-15(10-17)16-11-18-19(13-24-20(18)23-12-16)14-6-8-22-9-7-14/h3-13H,2H3,(H,23,24). The van der Waals surface area contributed by atoms with E-state index in [2.05, 4.69) is 26.0 Å². The third-order valence-corrected chi connectivity index (χ3v) is 4.23. The van der Waals surface area contributed by atoms with Gasteiger partial charge in [-0.2, -0.15) is 11.5 Å². The fourth-order valence-electron chi connectivity index (χ4n) is 2.88. The topological polar surface area (TPSA) is 49.2 Å². The Hall–Kier alpha value is -3.65. The van der Waals surface area contributed by atoms with Crippen molar-refractivity contribution in [2.75, 3.05) is 12.1 Å². The Balaban J connectivity index is 1.83. The molecular formula is C20H15N5. The molecule has 0 aliphatic rings. The Labute approximate surface area is 145 Å². The van der Waals surface area contributed by atoms with Crippen molar-refractivity contribution in [2.45, 2.75) is 0 Å². The van der Waals surface area contributed by atoms with Crippen LogP contribution in [0.3, 0.4) is 0 Å². The summed E-state index contributed by atoms with van der Waals surface area (Å²) in [6, 6.07) is 14.0. The van der Waals surface area contributed by atoms with Gasteiger partial charge in [0.05, 0.1) is 7.05 Å². The van der Waals surface area contributed by atoms with Crippen molar-refractivity contribution in [3.05, 3.63) is 78.8 Å². The van der Waals surface area contributed by atoms with Crippen LogP contribution in [0.5, 0.6) is 0 Å². The maximum atomic E-state index is 7.16. The van der Waals surface area contributed by atoms with Crippen molar-refractivity contribution in [3.63, 3.8) is 0 Å². The molecule has 1 N–H and O–H groups in total. The van der Waals surface area contributed by atoms with Crippen LogP contribution in [-0.2, 0) is 0 Å². The molecule has 4 aromatic rings. The first-order valence-corrected chi connectivity index (χ1v) is 7.85. The van der Waals surface area contributed by atoms with E-state index in [1.54, 1.807) is 19.4 Å². The second-order valence-corrected chi connectivity index (χ2v) is 5.73. The molecule has 0 amide bonds. The maximum Gasteiger partial charge on any atom is 0.137 e. The highest BCUT2D eigenvalue weighted by Gasteiger charge is 2.10. The van der Waals surface area contributed by atoms with E-state index in [1.807, 2.05) is 48.8 Å². The van der Waals surface area contributed by atoms with Gasteiger partial charge in [0, 0.05) is 41.3 Å². The van der Waals surface area contributed by atoms with E-state index >= 15 is 0 Å². The van der Waals surface area contributed by atoms with Crippen LogP contribution < -0.4 is 5.01 Å². The van der Waals surface area contributed by atoms with E-state index in [1.165, 1.54) is 5.01 Å². The third-order valence-electron chi connectivity index (χ3n) is 4.23. The predicted octanol–water partition coefficient (Wildman–Crippen LogP) is 4.56. The molecule has 3 aromatic heterocycles. The molecular weight excluding hydrogens is 310 g/mol.